The topological polar surface area (TPSA) is 110 Å². The molecule has 0 spiro atoms. The minimum Gasteiger partial charge on any atom is -0.480 e. The van der Waals surface area contributed by atoms with Gasteiger partial charge in [-0.25, -0.2) is 4.79 Å². The van der Waals surface area contributed by atoms with Gasteiger partial charge >= 0.3 is 13.6 Å². The van der Waals surface area contributed by atoms with Gasteiger partial charge in [0, 0.05) is 7.11 Å². The van der Waals surface area contributed by atoms with Crippen LogP contribution in [0.2, 0.25) is 0 Å². The van der Waals surface area contributed by atoms with E-state index in [1.807, 2.05) is 0 Å². The zero-order valence-electron chi connectivity index (χ0n) is 5.22. The van der Waals surface area contributed by atoms with Crippen molar-refractivity contribution in [2.45, 2.75) is 5.78 Å². The molecule has 0 fully saturated rings. The fourth-order valence-corrected chi connectivity index (χ4v) is 0.759. The molecule has 0 aromatic rings. The molecule has 0 saturated carbocycles. The molecule has 2 unspecified atom stereocenters. The van der Waals surface area contributed by atoms with Crippen molar-refractivity contribution in [3.63, 3.8) is 0 Å². The lowest BCUT2D eigenvalue weighted by molar-refractivity contribution is -0.136. The molecule has 0 heterocycles. The van der Waals surface area contributed by atoms with Gasteiger partial charge < -0.3 is 20.3 Å². The summed E-state index contributed by atoms with van der Waals surface area (Å²) < 4.78 is 14.5. The van der Waals surface area contributed by atoms with Crippen molar-refractivity contribution in [1.29, 1.82) is 0 Å². The van der Waals surface area contributed by atoms with Crippen LogP contribution < -0.4 is 5.73 Å². The van der Waals surface area contributed by atoms with E-state index in [2.05, 4.69) is 4.52 Å². The Morgan fingerprint density at radius 1 is 1.80 bits per heavy atom. The van der Waals surface area contributed by atoms with Crippen LogP contribution in [-0.2, 0) is 13.9 Å². The molecule has 6 nitrogen and oxygen atoms in total. The molecular formula is C3H8NO5P. The summed E-state index contributed by atoms with van der Waals surface area (Å²) in [5.41, 5.74) is 4.77. The summed E-state index contributed by atoms with van der Waals surface area (Å²) in [4.78, 5) is 18.6. The van der Waals surface area contributed by atoms with E-state index < -0.39 is 19.3 Å². The Kier molecular flexibility index (Phi) is 2.98. The molecule has 0 aromatic carbocycles. The standard InChI is InChI=1S/C3H8NO5P/c1-9-10(7,8)2(4)3(5)6/h2H,4H2,1H3,(H,5,6)(H,7,8). The maximum Gasteiger partial charge on any atom is 0.355 e. The average Bonchev–Trinajstić information content (AvgIpc) is 1.86. The summed E-state index contributed by atoms with van der Waals surface area (Å²) in [6.07, 6.45) is 0. The van der Waals surface area contributed by atoms with Crippen molar-refractivity contribution in [3.8, 4) is 0 Å². The first kappa shape index (κ1) is 9.58. The number of hydrogen-bond acceptors (Lipinski definition) is 4. The van der Waals surface area contributed by atoms with Crippen molar-refractivity contribution in [3.05, 3.63) is 0 Å². The second kappa shape index (κ2) is 3.12. The summed E-state index contributed by atoms with van der Waals surface area (Å²) in [6, 6.07) is 0. The predicted molar refractivity (Wildman–Crippen MR) is 32.4 cm³/mol. The molecule has 2 atom stereocenters. The van der Waals surface area contributed by atoms with Crippen molar-refractivity contribution in [1.82, 2.24) is 0 Å². The molecule has 0 rings (SSSR count). The van der Waals surface area contributed by atoms with Crippen LogP contribution in [0, 0.1) is 0 Å². The normalized spacial score (nSPS) is 19.5. The highest BCUT2D eigenvalue weighted by Crippen LogP contribution is 2.43. The number of nitrogens with two attached hydrogens (primary N) is 1. The summed E-state index contributed by atoms with van der Waals surface area (Å²) in [6.45, 7) is 0. The van der Waals surface area contributed by atoms with Crippen LogP contribution in [0.15, 0.2) is 0 Å². The molecule has 4 N–H and O–H groups in total. The fourth-order valence-electron chi connectivity index (χ4n) is 0.253. The van der Waals surface area contributed by atoms with E-state index in [9.17, 15) is 9.36 Å². The second-order valence-electron chi connectivity index (χ2n) is 1.53. The first-order valence-corrected chi connectivity index (χ1v) is 3.93. The summed E-state index contributed by atoms with van der Waals surface area (Å²) in [5, 5.41) is 8.11. The minimum absolute atomic E-state index is 0.920. The fraction of sp³-hybridized carbons (Fsp3) is 0.667. The number of hydrogen-bond donors (Lipinski definition) is 3. The number of aliphatic carboxylic acids is 1. The molecule has 0 aliphatic heterocycles. The van der Waals surface area contributed by atoms with Crippen molar-refractivity contribution in [2.75, 3.05) is 7.11 Å². The van der Waals surface area contributed by atoms with E-state index in [-0.39, 0.29) is 0 Å². The molecule has 0 saturated heterocycles. The Bertz CT molecular complexity index is 180. The lowest BCUT2D eigenvalue weighted by atomic mass is 10.7. The lowest BCUT2D eigenvalue weighted by Crippen LogP contribution is -2.30. The smallest absolute Gasteiger partial charge is 0.355 e. The van der Waals surface area contributed by atoms with Gasteiger partial charge in [0.15, 0.2) is 0 Å². The summed E-state index contributed by atoms with van der Waals surface area (Å²) in [5.74, 6) is -3.43. The Labute approximate surface area is 57.1 Å². The van der Waals surface area contributed by atoms with Crippen molar-refractivity contribution < 1.29 is 23.9 Å². The Morgan fingerprint density at radius 3 is 2.30 bits per heavy atom. The zero-order chi connectivity index (χ0) is 8.36. The van der Waals surface area contributed by atoms with Gasteiger partial charge in [-0.3, -0.25) is 4.57 Å². The first-order chi connectivity index (χ1) is 4.41. The van der Waals surface area contributed by atoms with Crippen LogP contribution in [0.4, 0.5) is 0 Å². The molecular weight excluding hydrogens is 161 g/mol. The van der Waals surface area contributed by atoms with Crippen LogP contribution >= 0.6 is 7.60 Å². The van der Waals surface area contributed by atoms with Crippen LogP contribution in [0.25, 0.3) is 0 Å². The third-order valence-corrected chi connectivity index (χ3v) is 2.31. The van der Waals surface area contributed by atoms with Gasteiger partial charge in [0.05, 0.1) is 0 Å². The van der Waals surface area contributed by atoms with E-state index in [1.54, 1.807) is 0 Å². The van der Waals surface area contributed by atoms with E-state index >= 15 is 0 Å². The van der Waals surface area contributed by atoms with Gasteiger partial charge in [-0.15, -0.1) is 0 Å². The number of rotatable bonds is 3. The lowest BCUT2D eigenvalue weighted by Gasteiger charge is -2.11. The quantitative estimate of drug-likeness (QED) is 0.476. The Balaban J connectivity index is 4.33. The predicted octanol–water partition coefficient (Wildman–Crippen LogP) is -0.812. The van der Waals surface area contributed by atoms with Gasteiger partial charge in [0.25, 0.3) is 0 Å². The van der Waals surface area contributed by atoms with Crippen LogP contribution in [0.3, 0.4) is 0 Å². The van der Waals surface area contributed by atoms with Crippen LogP contribution in [-0.4, -0.2) is 28.9 Å². The van der Waals surface area contributed by atoms with E-state index in [0.717, 1.165) is 7.11 Å². The molecule has 0 aliphatic carbocycles. The second-order valence-corrected chi connectivity index (χ2v) is 3.58. The molecule has 0 aromatic heterocycles. The average molecular weight is 169 g/mol. The van der Waals surface area contributed by atoms with E-state index in [0.29, 0.717) is 0 Å². The maximum atomic E-state index is 10.6. The molecule has 10 heavy (non-hydrogen) atoms. The van der Waals surface area contributed by atoms with Gasteiger partial charge in [-0.05, 0) is 0 Å². The molecule has 7 heteroatoms. The maximum absolute atomic E-state index is 10.6. The van der Waals surface area contributed by atoms with Crippen LogP contribution in [0.5, 0.6) is 0 Å². The number of carbonyl (C=O) groups is 1. The third-order valence-electron chi connectivity index (χ3n) is 0.866. The monoisotopic (exact) mass is 169 g/mol. The summed E-state index contributed by atoms with van der Waals surface area (Å²) in [7, 11) is -3.22. The SMILES string of the molecule is COP(=O)(O)C(N)C(=O)O. The minimum atomic E-state index is -4.14. The highest BCUT2D eigenvalue weighted by molar-refractivity contribution is 7.54. The largest absolute Gasteiger partial charge is 0.480 e. The number of carboxylic acids is 1. The highest BCUT2D eigenvalue weighted by Gasteiger charge is 2.33. The van der Waals surface area contributed by atoms with Gasteiger partial charge in [0.1, 0.15) is 0 Å². The van der Waals surface area contributed by atoms with Gasteiger partial charge in [-0.1, -0.05) is 0 Å². The zero-order valence-corrected chi connectivity index (χ0v) is 6.12. The Morgan fingerprint density at radius 2 is 2.20 bits per heavy atom. The highest BCUT2D eigenvalue weighted by atomic mass is 31.2. The summed E-state index contributed by atoms with van der Waals surface area (Å²) >= 11 is 0. The van der Waals surface area contributed by atoms with E-state index in [4.69, 9.17) is 15.7 Å². The molecule has 0 radical (unpaired) electrons. The van der Waals surface area contributed by atoms with Gasteiger partial charge in [-0.2, -0.15) is 0 Å². The van der Waals surface area contributed by atoms with Crippen molar-refractivity contribution >= 4 is 13.6 Å². The molecule has 60 valence electrons. The molecule has 0 bridgehead atoms. The van der Waals surface area contributed by atoms with E-state index in [1.165, 1.54) is 0 Å². The van der Waals surface area contributed by atoms with Crippen LogP contribution in [0.1, 0.15) is 0 Å². The first-order valence-electron chi connectivity index (χ1n) is 2.28. The third kappa shape index (κ3) is 2.07. The Hall–Kier alpha value is -0.420. The molecule has 0 aliphatic rings. The van der Waals surface area contributed by atoms with Crippen molar-refractivity contribution in [2.24, 2.45) is 5.73 Å². The van der Waals surface area contributed by atoms with Gasteiger partial charge in [0.2, 0.25) is 5.78 Å². The molecule has 0 amide bonds. The number of carboxylic acid groups (broad SMARTS) is 1.